The third-order valence-corrected chi connectivity index (χ3v) is 4.76. The fourth-order valence-electron chi connectivity index (χ4n) is 3.41. The van der Waals surface area contributed by atoms with Gasteiger partial charge in [-0.25, -0.2) is 4.79 Å². The molecule has 3 rings (SSSR count). The van der Waals surface area contributed by atoms with Crippen molar-refractivity contribution in [1.29, 1.82) is 0 Å². The van der Waals surface area contributed by atoms with Crippen molar-refractivity contribution in [3.05, 3.63) is 29.8 Å². The van der Waals surface area contributed by atoms with E-state index in [2.05, 4.69) is 34.1 Å². The molecule has 6 heteroatoms. The molecule has 0 atom stereocenters. The third-order valence-electron chi connectivity index (χ3n) is 4.76. The number of hydrogen-bond donors (Lipinski definition) is 0. The summed E-state index contributed by atoms with van der Waals surface area (Å²) in [6.07, 6.45) is -0.209. The van der Waals surface area contributed by atoms with Gasteiger partial charge in [0.2, 0.25) is 0 Å². The van der Waals surface area contributed by atoms with Crippen molar-refractivity contribution >= 4 is 11.8 Å². The van der Waals surface area contributed by atoms with Gasteiger partial charge in [-0.1, -0.05) is 18.2 Å². The zero-order valence-corrected chi connectivity index (χ0v) is 16.2. The van der Waals surface area contributed by atoms with Crippen LogP contribution >= 0.6 is 0 Å². The van der Waals surface area contributed by atoms with Crippen LogP contribution in [0.15, 0.2) is 24.3 Å². The monoisotopic (exact) mass is 361 g/mol. The Morgan fingerprint density at radius 2 is 1.69 bits per heavy atom. The number of carbonyl (C=O) groups excluding carboxylic acids is 1. The minimum Gasteiger partial charge on any atom is -0.444 e. The highest BCUT2D eigenvalue weighted by Gasteiger charge is 2.26. The van der Waals surface area contributed by atoms with Gasteiger partial charge in [-0.2, -0.15) is 0 Å². The molecule has 2 heterocycles. The van der Waals surface area contributed by atoms with Gasteiger partial charge >= 0.3 is 6.09 Å². The Balaban J connectivity index is 1.60. The zero-order chi connectivity index (χ0) is 18.6. The molecule has 1 aromatic rings. The molecule has 0 bridgehead atoms. The number of amides is 1. The number of para-hydroxylation sites is 1. The lowest BCUT2D eigenvalue weighted by Crippen LogP contribution is -2.50. The van der Waals surface area contributed by atoms with E-state index in [1.54, 1.807) is 0 Å². The first-order chi connectivity index (χ1) is 12.4. The first-order valence-corrected chi connectivity index (χ1v) is 9.53. The molecule has 2 aliphatic heterocycles. The van der Waals surface area contributed by atoms with Crippen LogP contribution in [-0.4, -0.2) is 74.0 Å². The lowest BCUT2D eigenvalue weighted by Gasteiger charge is -2.38. The minimum absolute atomic E-state index is 0.209. The van der Waals surface area contributed by atoms with Crippen molar-refractivity contribution in [1.82, 2.24) is 9.80 Å². The Bertz CT molecular complexity index is 601. The van der Waals surface area contributed by atoms with E-state index in [4.69, 9.17) is 9.47 Å². The molecule has 0 aliphatic carbocycles. The molecule has 0 saturated carbocycles. The highest BCUT2D eigenvalue weighted by atomic mass is 16.6. The van der Waals surface area contributed by atoms with E-state index in [1.807, 2.05) is 25.7 Å². The van der Waals surface area contributed by atoms with E-state index in [-0.39, 0.29) is 6.09 Å². The van der Waals surface area contributed by atoms with Crippen LogP contribution in [0.2, 0.25) is 0 Å². The van der Waals surface area contributed by atoms with Gasteiger partial charge in [0.15, 0.2) is 0 Å². The number of hydrogen-bond acceptors (Lipinski definition) is 5. The Morgan fingerprint density at radius 3 is 2.35 bits per heavy atom. The summed E-state index contributed by atoms with van der Waals surface area (Å²) in [4.78, 5) is 18.9. The molecular weight excluding hydrogens is 330 g/mol. The molecular formula is C20H31N3O3. The van der Waals surface area contributed by atoms with Gasteiger partial charge in [-0.05, 0) is 32.4 Å². The molecule has 2 fully saturated rings. The molecule has 1 aromatic carbocycles. The molecule has 1 amide bonds. The maximum Gasteiger partial charge on any atom is 0.410 e. The zero-order valence-electron chi connectivity index (χ0n) is 16.2. The maximum absolute atomic E-state index is 12.3. The van der Waals surface area contributed by atoms with Crippen molar-refractivity contribution in [2.24, 2.45) is 0 Å². The quantitative estimate of drug-likeness (QED) is 0.828. The fraction of sp³-hybridized carbons (Fsp3) is 0.650. The molecule has 2 saturated heterocycles. The first kappa shape index (κ1) is 19.0. The van der Waals surface area contributed by atoms with Crippen molar-refractivity contribution in [3.8, 4) is 0 Å². The molecule has 144 valence electrons. The summed E-state index contributed by atoms with van der Waals surface area (Å²) < 4.78 is 10.9. The number of nitrogens with zero attached hydrogens (tertiary/aromatic N) is 3. The van der Waals surface area contributed by atoms with Crippen molar-refractivity contribution in [3.63, 3.8) is 0 Å². The first-order valence-electron chi connectivity index (χ1n) is 9.53. The second-order valence-corrected chi connectivity index (χ2v) is 7.97. The number of morpholine rings is 1. The van der Waals surface area contributed by atoms with Gasteiger partial charge in [0, 0.05) is 51.5 Å². The maximum atomic E-state index is 12.3. The largest absolute Gasteiger partial charge is 0.444 e. The second kappa shape index (κ2) is 8.27. The lowest BCUT2D eigenvalue weighted by atomic mass is 10.1. The number of carbonyl (C=O) groups is 1. The van der Waals surface area contributed by atoms with Crippen LogP contribution in [0.25, 0.3) is 0 Å². The normalized spacial score (nSPS) is 19.5. The molecule has 0 spiro atoms. The van der Waals surface area contributed by atoms with E-state index in [9.17, 15) is 4.79 Å². The number of ether oxygens (including phenoxy) is 2. The van der Waals surface area contributed by atoms with Gasteiger partial charge in [0.05, 0.1) is 13.2 Å². The van der Waals surface area contributed by atoms with E-state index >= 15 is 0 Å². The van der Waals surface area contributed by atoms with E-state index < -0.39 is 5.60 Å². The Labute approximate surface area is 156 Å². The SMILES string of the molecule is CC(C)(C)OC(=O)N1CCN(c2ccccc2CN2CCOCC2)CC1. The Kier molecular flexibility index (Phi) is 6.04. The molecule has 0 radical (unpaired) electrons. The fourth-order valence-corrected chi connectivity index (χ4v) is 3.41. The topological polar surface area (TPSA) is 45.2 Å². The Morgan fingerprint density at radius 1 is 1.04 bits per heavy atom. The summed E-state index contributed by atoms with van der Waals surface area (Å²) in [7, 11) is 0. The van der Waals surface area contributed by atoms with Crippen LogP contribution in [-0.2, 0) is 16.0 Å². The van der Waals surface area contributed by atoms with Gasteiger partial charge in [-0.15, -0.1) is 0 Å². The van der Waals surface area contributed by atoms with Crippen molar-refractivity contribution in [2.75, 3.05) is 57.4 Å². The molecule has 0 N–H and O–H groups in total. The van der Waals surface area contributed by atoms with Crippen LogP contribution < -0.4 is 4.90 Å². The summed E-state index contributed by atoms with van der Waals surface area (Å²) in [6.45, 7) is 13.3. The summed E-state index contributed by atoms with van der Waals surface area (Å²) >= 11 is 0. The number of anilines is 1. The summed E-state index contributed by atoms with van der Waals surface area (Å²) in [5.41, 5.74) is 2.18. The van der Waals surface area contributed by atoms with Crippen LogP contribution in [0.5, 0.6) is 0 Å². The molecule has 0 unspecified atom stereocenters. The van der Waals surface area contributed by atoms with Gasteiger partial charge < -0.3 is 19.3 Å². The van der Waals surface area contributed by atoms with Crippen LogP contribution in [0.4, 0.5) is 10.5 Å². The van der Waals surface area contributed by atoms with E-state index in [0.717, 1.165) is 45.9 Å². The standard InChI is InChI=1S/C20H31N3O3/c1-20(2,3)26-19(24)23-10-8-22(9-11-23)18-7-5-4-6-17(18)16-21-12-14-25-15-13-21/h4-7H,8-16H2,1-3H3. The second-order valence-electron chi connectivity index (χ2n) is 7.97. The highest BCUT2D eigenvalue weighted by molar-refractivity contribution is 5.68. The smallest absolute Gasteiger partial charge is 0.410 e. The van der Waals surface area contributed by atoms with Crippen LogP contribution in [0.3, 0.4) is 0 Å². The molecule has 0 aromatic heterocycles. The van der Waals surface area contributed by atoms with Gasteiger partial charge in [0.1, 0.15) is 5.60 Å². The van der Waals surface area contributed by atoms with Crippen LogP contribution in [0, 0.1) is 0 Å². The lowest BCUT2D eigenvalue weighted by molar-refractivity contribution is 0.0240. The average molecular weight is 361 g/mol. The number of benzene rings is 1. The summed E-state index contributed by atoms with van der Waals surface area (Å²) in [5.74, 6) is 0. The van der Waals surface area contributed by atoms with Gasteiger partial charge in [-0.3, -0.25) is 4.90 Å². The Hall–Kier alpha value is -1.79. The highest BCUT2D eigenvalue weighted by Crippen LogP contribution is 2.24. The van der Waals surface area contributed by atoms with Gasteiger partial charge in [0.25, 0.3) is 0 Å². The third kappa shape index (κ3) is 5.11. The summed E-state index contributed by atoms with van der Waals surface area (Å²) in [5, 5.41) is 0. The molecule has 6 nitrogen and oxygen atoms in total. The van der Waals surface area contributed by atoms with E-state index in [0.29, 0.717) is 13.1 Å². The molecule has 26 heavy (non-hydrogen) atoms. The predicted octanol–water partition coefficient (Wildman–Crippen LogP) is 2.58. The number of piperazine rings is 1. The van der Waals surface area contributed by atoms with Crippen molar-refractivity contribution in [2.45, 2.75) is 32.9 Å². The average Bonchev–Trinajstić information content (AvgIpc) is 2.62. The van der Waals surface area contributed by atoms with E-state index in [1.165, 1.54) is 11.3 Å². The van der Waals surface area contributed by atoms with Crippen LogP contribution in [0.1, 0.15) is 26.3 Å². The summed E-state index contributed by atoms with van der Waals surface area (Å²) in [6, 6.07) is 8.61. The molecule has 2 aliphatic rings. The predicted molar refractivity (Wildman–Crippen MR) is 103 cm³/mol. The minimum atomic E-state index is -0.445. The van der Waals surface area contributed by atoms with Crippen molar-refractivity contribution < 1.29 is 14.3 Å². The number of rotatable bonds is 3.